The molecule has 1 atom stereocenters. The largest absolute Gasteiger partial charge is 0.340 e. The summed E-state index contributed by atoms with van der Waals surface area (Å²) in [5.74, 6) is 0.206. The number of aryl methyl sites for hydroxylation is 1. The predicted molar refractivity (Wildman–Crippen MR) is 126 cm³/mol. The highest BCUT2D eigenvalue weighted by molar-refractivity contribution is 5.77. The van der Waals surface area contributed by atoms with Gasteiger partial charge in [-0.1, -0.05) is 60.7 Å². The van der Waals surface area contributed by atoms with Crippen LogP contribution in [0.2, 0.25) is 0 Å². The van der Waals surface area contributed by atoms with Gasteiger partial charge in [-0.2, -0.15) is 0 Å². The van der Waals surface area contributed by atoms with Gasteiger partial charge in [0.15, 0.2) is 0 Å². The van der Waals surface area contributed by atoms with Crippen molar-refractivity contribution in [1.82, 2.24) is 20.0 Å². The van der Waals surface area contributed by atoms with Crippen molar-refractivity contribution in [2.24, 2.45) is 0 Å². The van der Waals surface area contributed by atoms with Gasteiger partial charge in [0.2, 0.25) is 5.91 Å². The Kier molecular flexibility index (Phi) is 6.80. The van der Waals surface area contributed by atoms with Crippen LogP contribution in [0.15, 0.2) is 60.7 Å². The van der Waals surface area contributed by atoms with Gasteiger partial charge in [-0.15, -0.1) is 0 Å². The van der Waals surface area contributed by atoms with E-state index >= 15 is 0 Å². The Morgan fingerprint density at radius 3 is 2.22 bits per heavy atom. The summed E-state index contributed by atoms with van der Waals surface area (Å²) >= 11 is 0. The number of piperazine rings is 2. The highest BCUT2D eigenvalue weighted by atomic mass is 16.2. The van der Waals surface area contributed by atoms with Crippen molar-refractivity contribution in [3.63, 3.8) is 0 Å². The summed E-state index contributed by atoms with van der Waals surface area (Å²) in [5.41, 5.74) is 2.16. The molecule has 2 saturated heterocycles. The summed E-state index contributed by atoms with van der Waals surface area (Å²) in [7, 11) is 0. The summed E-state index contributed by atoms with van der Waals surface area (Å²) in [6, 6.07) is 20.3. The molecule has 3 amide bonds. The van der Waals surface area contributed by atoms with Crippen LogP contribution in [-0.2, 0) is 17.8 Å². The van der Waals surface area contributed by atoms with Gasteiger partial charge < -0.3 is 15.1 Å². The van der Waals surface area contributed by atoms with Crippen LogP contribution in [0, 0.1) is 0 Å². The number of carbonyl (C=O) groups excluding carboxylic acids is 2. The van der Waals surface area contributed by atoms with Crippen molar-refractivity contribution in [1.29, 1.82) is 0 Å². The molecule has 4 rings (SSSR count). The zero-order chi connectivity index (χ0) is 22.6. The summed E-state index contributed by atoms with van der Waals surface area (Å²) in [6.45, 7) is 8.54. The first kappa shape index (κ1) is 22.3. The molecule has 170 valence electrons. The van der Waals surface area contributed by atoms with Crippen LogP contribution in [0.3, 0.4) is 0 Å². The smallest absolute Gasteiger partial charge is 0.317 e. The van der Waals surface area contributed by atoms with E-state index in [-0.39, 0.29) is 23.5 Å². The third kappa shape index (κ3) is 5.30. The molecular formula is C26H34N4O2. The highest BCUT2D eigenvalue weighted by Gasteiger charge is 2.44. The number of benzene rings is 2. The molecule has 0 spiro atoms. The van der Waals surface area contributed by atoms with Crippen LogP contribution in [0.4, 0.5) is 4.79 Å². The number of rotatable bonds is 5. The van der Waals surface area contributed by atoms with Gasteiger partial charge in [0, 0.05) is 57.3 Å². The van der Waals surface area contributed by atoms with Crippen LogP contribution in [-0.4, -0.2) is 70.9 Å². The van der Waals surface area contributed by atoms with Gasteiger partial charge in [-0.25, -0.2) is 4.79 Å². The number of hydrogen-bond acceptors (Lipinski definition) is 3. The molecule has 2 fully saturated rings. The summed E-state index contributed by atoms with van der Waals surface area (Å²) < 4.78 is 0. The summed E-state index contributed by atoms with van der Waals surface area (Å²) in [4.78, 5) is 32.2. The van der Waals surface area contributed by atoms with E-state index in [2.05, 4.69) is 36.2 Å². The van der Waals surface area contributed by atoms with Crippen molar-refractivity contribution in [2.75, 3.05) is 32.7 Å². The topological polar surface area (TPSA) is 55.9 Å². The van der Waals surface area contributed by atoms with Crippen LogP contribution in [0.1, 0.15) is 31.4 Å². The number of amides is 3. The average Bonchev–Trinajstić information content (AvgIpc) is 2.81. The number of urea groups is 1. The van der Waals surface area contributed by atoms with Crippen molar-refractivity contribution < 1.29 is 9.59 Å². The molecule has 32 heavy (non-hydrogen) atoms. The lowest BCUT2D eigenvalue weighted by Crippen LogP contribution is -2.71. The summed E-state index contributed by atoms with van der Waals surface area (Å²) in [6.07, 6.45) is 1.30. The Hall–Kier alpha value is -2.86. The minimum absolute atomic E-state index is 0.0332. The SMILES string of the molecule is CC1(C)CN(C(=O)NCc2ccccc2)C[C@@H]2CN(C(=O)CCc3ccccc3)CCN21. The average molecular weight is 435 g/mol. The molecule has 0 saturated carbocycles. The maximum absolute atomic E-state index is 12.9. The zero-order valence-electron chi connectivity index (χ0n) is 19.2. The lowest BCUT2D eigenvalue weighted by Gasteiger charge is -2.55. The van der Waals surface area contributed by atoms with Crippen LogP contribution in [0.25, 0.3) is 0 Å². The molecule has 0 aliphatic carbocycles. The van der Waals surface area contributed by atoms with Gasteiger partial charge >= 0.3 is 6.03 Å². The second kappa shape index (κ2) is 9.74. The van der Waals surface area contributed by atoms with Crippen molar-refractivity contribution in [3.8, 4) is 0 Å². The third-order valence-corrected chi connectivity index (χ3v) is 6.67. The minimum Gasteiger partial charge on any atom is -0.340 e. The molecule has 2 aromatic rings. The molecular weight excluding hydrogens is 400 g/mol. The van der Waals surface area contributed by atoms with Gasteiger partial charge in [0.1, 0.15) is 0 Å². The molecule has 6 nitrogen and oxygen atoms in total. The number of nitrogens with zero attached hydrogens (tertiary/aromatic N) is 3. The fourth-order valence-electron chi connectivity index (χ4n) is 5.01. The van der Waals surface area contributed by atoms with Crippen molar-refractivity contribution in [2.45, 2.75) is 44.8 Å². The molecule has 0 radical (unpaired) electrons. The third-order valence-electron chi connectivity index (χ3n) is 6.67. The Morgan fingerprint density at radius 2 is 1.53 bits per heavy atom. The van der Waals surface area contributed by atoms with E-state index in [0.29, 0.717) is 32.6 Å². The van der Waals surface area contributed by atoms with E-state index < -0.39 is 0 Å². The Labute approximate surface area is 191 Å². The van der Waals surface area contributed by atoms with E-state index in [1.54, 1.807) is 0 Å². The molecule has 6 heteroatoms. The second-order valence-electron chi connectivity index (χ2n) is 9.51. The molecule has 2 heterocycles. The van der Waals surface area contributed by atoms with Crippen LogP contribution in [0.5, 0.6) is 0 Å². The van der Waals surface area contributed by atoms with Crippen molar-refractivity contribution in [3.05, 3.63) is 71.8 Å². The maximum Gasteiger partial charge on any atom is 0.317 e. The van der Waals surface area contributed by atoms with Crippen molar-refractivity contribution >= 4 is 11.9 Å². The number of hydrogen-bond donors (Lipinski definition) is 1. The molecule has 2 aliphatic heterocycles. The maximum atomic E-state index is 12.9. The first-order valence-corrected chi connectivity index (χ1v) is 11.6. The Bertz CT molecular complexity index is 914. The molecule has 1 N–H and O–H groups in total. The Morgan fingerprint density at radius 1 is 0.906 bits per heavy atom. The molecule has 0 bridgehead atoms. The van der Waals surface area contributed by atoms with Crippen LogP contribution >= 0.6 is 0 Å². The van der Waals surface area contributed by atoms with E-state index in [1.807, 2.05) is 58.3 Å². The summed E-state index contributed by atoms with van der Waals surface area (Å²) in [5, 5.41) is 3.06. The van der Waals surface area contributed by atoms with Gasteiger partial charge in [0.05, 0.1) is 0 Å². The lowest BCUT2D eigenvalue weighted by molar-refractivity contribution is -0.138. The molecule has 0 unspecified atom stereocenters. The Balaban J connectivity index is 1.34. The zero-order valence-corrected chi connectivity index (χ0v) is 19.2. The van der Waals surface area contributed by atoms with Gasteiger partial charge in [-0.3, -0.25) is 9.69 Å². The number of carbonyl (C=O) groups is 2. The van der Waals surface area contributed by atoms with E-state index in [0.717, 1.165) is 25.1 Å². The normalized spacial score (nSPS) is 20.5. The van der Waals surface area contributed by atoms with Gasteiger partial charge in [-0.05, 0) is 31.4 Å². The van der Waals surface area contributed by atoms with E-state index in [1.165, 1.54) is 5.56 Å². The molecule has 2 aromatic carbocycles. The number of fused-ring (bicyclic) bond motifs is 1. The minimum atomic E-state index is -0.119. The fourth-order valence-corrected chi connectivity index (χ4v) is 5.01. The number of nitrogens with one attached hydrogen (secondary N) is 1. The molecule has 0 aromatic heterocycles. The first-order chi connectivity index (χ1) is 15.4. The van der Waals surface area contributed by atoms with Crippen LogP contribution < -0.4 is 5.32 Å². The second-order valence-corrected chi connectivity index (χ2v) is 9.51. The predicted octanol–water partition coefficient (Wildman–Crippen LogP) is 3.14. The monoisotopic (exact) mass is 434 g/mol. The lowest BCUT2D eigenvalue weighted by atomic mass is 9.92. The quantitative estimate of drug-likeness (QED) is 0.787. The fraction of sp³-hybridized carbons (Fsp3) is 0.462. The highest BCUT2D eigenvalue weighted by Crippen LogP contribution is 2.28. The molecule has 2 aliphatic rings. The standard InChI is InChI=1S/C26H34N4O2/c1-26(2)20-29(25(32)27-17-22-11-7-4-8-12-22)19-23-18-28(15-16-30(23)26)24(31)14-13-21-9-5-3-6-10-21/h3-12,23H,13-20H2,1-2H3,(H,27,32)/t23-/m0/s1. The van der Waals surface area contributed by atoms with E-state index in [9.17, 15) is 9.59 Å². The van der Waals surface area contributed by atoms with Gasteiger partial charge in [0.25, 0.3) is 0 Å². The van der Waals surface area contributed by atoms with E-state index in [4.69, 9.17) is 0 Å². The first-order valence-electron chi connectivity index (χ1n) is 11.6.